The monoisotopic (exact) mass is 540 g/mol. The van der Waals surface area contributed by atoms with E-state index >= 15 is 0 Å². The van der Waals surface area contributed by atoms with Crippen molar-refractivity contribution in [2.75, 3.05) is 37.6 Å². The Morgan fingerprint density at radius 1 is 1.11 bits per heavy atom. The van der Waals surface area contributed by atoms with Crippen LogP contribution >= 0.6 is 11.6 Å². The van der Waals surface area contributed by atoms with E-state index in [1.807, 2.05) is 23.1 Å². The highest BCUT2D eigenvalue weighted by Gasteiger charge is 2.49. The molecule has 1 aromatic carbocycles. The van der Waals surface area contributed by atoms with Crippen molar-refractivity contribution in [1.82, 2.24) is 19.8 Å². The first-order chi connectivity index (χ1) is 18.3. The summed E-state index contributed by atoms with van der Waals surface area (Å²) < 4.78 is 1.75. The van der Waals surface area contributed by atoms with Crippen molar-refractivity contribution >= 4 is 35.0 Å². The first-order valence-electron chi connectivity index (χ1n) is 13.7. The van der Waals surface area contributed by atoms with Gasteiger partial charge in [-0.15, -0.1) is 0 Å². The third-order valence-electron chi connectivity index (χ3n) is 8.79. The van der Waals surface area contributed by atoms with Gasteiger partial charge in [-0.05, 0) is 76.1 Å². The van der Waals surface area contributed by atoms with Crippen LogP contribution in [0.25, 0.3) is 0 Å². The van der Waals surface area contributed by atoms with Crippen LogP contribution in [0.1, 0.15) is 78.9 Å². The van der Waals surface area contributed by atoms with Gasteiger partial charge in [0.25, 0.3) is 11.8 Å². The van der Waals surface area contributed by atoms with Gasteiger partial charge >= 0.3 is 0 Å². The Kier molecular flexibility index (Phi) is 7.77. The predicted octanol–water partition coefficient (Wildman–Crippen LogP) is 3.64. The summed E-state index contributed by atoms with van der Waals surface area (Å²) in [7, 11) is 0. The second kappa shape index (κ2) is 11.1. The molecule has 9 nitrogen and oxygen atoms in total. The Morgan fingerprint density at radius 3 is 2.50 bits per heavy atom. The van der Waals surface area contributed by atoms with E-state index in [9.17, 15) is 14.4 Å². The second-order valence-electron chi connectivity index (χ2n) is 11.2. The summed E-state index contributed by atoms with van der Waals surface area (Å²) in [6, 6.07) is 7.39. The average molecular weight is 541 g/mol. The van der Waals surface area contributed by atoms with E-state index in [1.54, 1.807) is 17.0 Å². The average Bonchev–Trinajstić information content (AvgIpc) is 3.49. The van der Waals surface area contributed by atoms with Crippen LogP contribution in [0.4, 0.5) is 5.69 Å². The van der Waals surface area contributed by atoms with Crippen molar-refractivity contribution in [2.24, 2.45) is 17.1 Å². The summed E-state index contributed by atoms with van der Waals surface area (Å²) in [4.78, 5) is 47.3. The van der Waals surface area contributed by atoms with Gasteiger partial charge in [0, 0.05) is 25.7 Å². The summed E-state index contributed by atoms with van der Waals surface area (Å²) in [6.45, 7) is 6.27. The molecular formula is C28H37ClN6O3. The van der Waals surface area contributed by atoms with E-state index in [1.165, 1.54) is 12.8 Å². The summed E-state index contributed by atoms with van der Waals surface area (Å²) in [5, 5.41) is 3.49. The zero-order valence-electron chi connectivity index (χ0n) is 22.0. The molecule has 0 bridgehead atoms. The van der Waals surface area contributed by atoms with Crippen LogP contribution in [0.15, 0.2) is 30.6 Å². The largest absolute Gasteiger partial charge is 0.364 e. The number of nitrogens with zero attached hydrogens (tertiary/aromatic N) is 4. The number of primary amides is 1. The molecule has 10 heteroatoms. The van der Waals surface area contributed by atoms with Crippen LogP contribution in [0.3, 0.4) is 0 Å². The molecule has 3 fully saturated rings. The van der Waals surface area contributed by atoms with Crippen LogP contribution < -0.4 is 16.0 Å². The summed E-state index contributed by atoms with van der Waals surface area (Å²) in [5.74, 6) is -0.171. The van der Waals surface area contributed by atoms with Crippen molar-refractivity contribution in [2.45, 2.75) is 57.9 Å². The fraction of sp³-hybridized carbons (Fsp3) is 0.571. The number of nitrogens with one attached hydrogen (secondary N) is 1. The standard InChI is InChI=1S/C28H37ClN6O3/c1-19-8-14-33(15-9-19)17-13-31-26(37)23-24(25(30)36)35(18-32-23)20-6-10-28(11-7-20)12-16-34(27(28)38)22-5-3-2-4-21(22)29/h2-5,18-20H,6-17H2,1H3,(H2,30,36)(H,31,37). The number of nitrogens with two attached hydrogens (primary N) is 1. The first kappa shape index (κ1) is 26.7. The number of hydrogen-bond acceptors (Lipinski definition) is 5. The molecule has 0 radical (unpaired) electrons. The quantitative estimate of drug-likeness (QED) is 0.556. The number of benzene rings is 1. The number of anilines is 1. The molecule has 3 N–H and O–H groups in total. The summed E-state index contributed by atoms with van der Waals surface area (Å²) in [6.07, 6.45) is 7.48. The molecule has 2 saturated heterocycles. The van der Waals surface area contributed by atoms with Crippen molar-refractivity contribution < 1.29 is 14.4 Å². The van der Waals surface area contributed by atoms with Crippen LogP contribution in [-0.4, -0.2) is 64.9 Å². The topological polar surface area (TPSA) is 114 Å². The molecule has 38 heavy (non-hydrogen) atoms. The van der Waals surface area contributed by atoms with Crippen LogP contribution in [-0.2, 0) is 4.79 Å². The number of hydrogen-bond donors (Lipinski definition) is 2. The van der Waals surface area contributed by atoms with Gasteiger partial charge < -0.3 is 25.4 Å². The number of amides is 3. The van der Waals surface area contributed by atoms with Gasteiger partial charge in [0.05, 0.1) is 22.5 Å². The predicted molar refractivity (Wildman–Crippen MR) is 146 cm³/mol. The van der Waals surface area contributed by atoms with Crippen molar-refractivity contribution in [1.29, 1.82) is 0 Å². The Bertz CT molecular complexity index is 1200. The fourth-order valence-electron chi connectivity index (χ4n) is 6.36. The lowest BCUT2D eigenvalue weighted by Crippen LogP contribution is -2.40. The molecule has 1 aliphatic carbocycles. The van der Waals surface area contributed by atoms with Gasteiger partial charge in [-0.1, -0.05) is 30.7 Å². The van der Waals surface area contributed by atoms with E-state index in [0.29, 0.717) is 43.8 Å². The molecule has 0 atom stereocenters. The number of rotatable bonds is 7. The number of likely N-dealkylation sites (tertiary alicyclic amines) is 1. The molecule has 2 aliphatic heterocycles. The van der Waals surface area contributed by atoms with Gasteiger partial charge in [0.15, 0.2) is 5.69 Å². The van der Waals surface area contributed by atoms with Crippen molar-refractivity contribution in [3.63, 3.8) is 0 Å². The van der Waals surface area contributed by atoms with E-state index in [-0.39, 0.29) is 29.2 Å². The van der Waals surface area contributed by atoms with Gasteiger partial charge in [-0.25, -0.2) is 4.98 Å². The maximum absolute atomic E-state index is 13.5. The minimum absolute atomic E-state index is 0.0466. The first-order valence-corrected chi connectivity index (χ1v) is 14.1. The highest BCUT2D eigenvalue weighted by molar-refractivity contribution is 6.34. The molecular weight excluding hydrogens is 504 g/mol. The van der Waals surface area contributed by atoms with Gasteiger partial charge in [0.1, 0.15) is 5.69 Å². The molecule has 5 rings (SSSR count). The highest BCUT2D eigenvalue weighted by atomic mass is 35.5. The molecule has 3 heterocycles. The number of carbonyl (C=O) groups excluding carboxylic acids is 3. The maximum Gasteiger partial charge on any atom is 0.272 e. The minimum atomic E-state index is -0.667. The van der Waals surface area contributed by atoms with E-state index in [4.69, 9.17) is 17.3 Å². The summed E-state index contributed by atoms with van der Waals surface area (Å²) >= 11 is 6.37. The molecule has 0 unspecified atom stereocenters. The molecule has 3 aliphatic rings. The van der Waals surface area contributed by atoms with Gasteiger partial charge in [-0.2, -0.15) is 0 Å². The van der Waals surface area contributed by atoms with Crippen molar-refractivity contribution in [3.8, 4) is 0 Å². The smallest absolute Gasteiger partial charge is 0.272 e. The lowest BCUT2D eigenvalue weighted by molar-refractivity contribution is -0.127. The third-order valence-corrected chi connectivity index (χ3v) is 9.11. The van der Waals surface area contributed by atoms with Crippen LogP contribution in [0.5, 0.6) is 0 Å². The lowest BCUT2D eigenvalue weighted by Gasteiger charge is -2.36. The fourth-order valence-corrected chi connectivity index (χ4v) is 6.60. The van der Waals surface area contributed by atoms with E-state index in [0.717, 1.165) is 37.7 Å². The van der Waals surface area contributed by atoms with Crippen molar-refractivity contribution in [3.05, 3.63) is 47.0 Å². The van der Waals surface area contributed by atoms with Gasteiger partial charge in [0.2, 0.25) is 5.91 Å². The van der Waals surface area contributed by atoms with Crippen LogP contribution in [0, 0.1) is 11.3 Å². The number of piperidine rings is 1. The maximum atomic E-state index is 13.5. The molecule has 204 valence electrons. The van der Waals surface area contributed by atoms with Crippen LogP contribution in [0.2, 0.25) is 5.02 Å². The molecule has 1 aromatic heterocycles. The third kappa shape index (κ3) is 5.18. The zero-order valence-corrected chi connectivity index (χ0v) is 22.8. The number of aromatic nitrogens is 2. The zero-order chi connectivity index (χ0) is 26.9. The Balaban J connectivity index is 1.22. The molecule has 1 spiro atoms. The summed E-state index contributed by atoms with van der Waals surface area (Å²) in [5.41, 5.74) is 6.29. The molecule has 2 aromatic rings. The minimum Gasteiger partial charge on any atom is -0.364 e. The molecule has 3 amide bonds. The van der Waals surface area contributed by atoms with E-state index < -0.39 is 11.3 Å². The van der Waals surface area contributed by atoms with Gasteiger partial charge in [-0.3, -0.25) is 14.4 Å². The number of halogens is 1. The normalized spacial score (nSPS) is 24.7. The SMILES string of the molecule is CC1CCN(CCNC(=O)c2ncn(C3CCC4(CC3)CCN(c3ccccc3Cl)C4=O)c2C(N)=O)CC1. The highest BCUT2D eigenvalue weighted by Crippen LogP contribution is 2.49. The number of imidazole rings is 1. The lowest BCUT2D eigenvalue weighted by atomic mass is 9.71. The number of carbonyl (C=O) groups is 3. The Labute approximate surface area is 228 Å². The van der Waals surface area contributed by atoms with E-state index in [2.05, 4.69) is 22.1 Å². The second-order valence-corrected chi connectivity index (χ2v) is 11.6. The Hall–Kier alpha value is -2.91. The number of para-hydroxylation sites is 1. The Morgan fingerprint density at radius 2 is 1.82 bits per heavy atom. The molecule has 1 saturated carbocycles.